The van der Waals surface area contributed by atoms with Gasteiger partial charge in [0, 0.05) is 6.54 Å². The molecular formula is C14H21N3O. The Morgan fingerprint density at radius 3 is 3.00 bits per heavy atom. The van der Waals surface area contributed by atoms with Gasteiger partial charge in [0.25, 0.3) is 5.91 Å². The van der Waals surface area contributed by atoms with Crippen LogP contribution in [0.1, 0.15) is 48.9 Å². The van der Waals surface area contributed by atoms with Gasteiger partial charge < -0.3 is 5.73 Å². The number of nitrogens with zero attached hydrogens (tertiary/aromatic N) is 2. The molecule has 1 aliphatic rings. The lowest BCUT2D eigenvalue weighted by atomic mass is 10.1. The van der Waals surface area contributed by atoms with E-state index in [-0.39, 0.29) is 0 Å². The number of amides is 1. The summed E-state index contributed by atoms with van der Waals surface area (Å²) in [6.45, 7) is 6.64. The number of rotatable bonds is 4. The largest absolute Gasteiger partial charge is 0.364 e. The lowest BCUT2D eigenvalue weighted by molar-refractivity contribution is 0.0995. The first-order valence-electron chi connectivity index (χ1n) is 6.58. The van der Waals surface area contributed by atoms with Crippen molar-refractivity contribution in [3.63, 3.8) is 0 Å². The highest BCUT2D eigenvalue weighted by Crippen LogP contribution is 2.31. The first kappa shape index (κ1) is 13.0. The van der Waals surface area contributed by atoms with Gasteiger partial charge in [0.1, 0.15) is 5.69 Å². The third-order valence-corrected chi connectivity index (χ3v) is 3.33. The Hall–Kier alpha value is -1.42. The molecule has 4 heteroatoms. The molecule has 2 heterocycles. The molecular weight excluding hydrogens is 226 g/mol. The third-order valence-electron chi connectivity index (χ3n) is 3.33. The van der Waals surface area contributed by atoms with Gasteiger partial charge in [-0.1, -0.05) is 19.9 Å². The van der Waals surface area contributed by atoms with Crippen LogP contribution in [0.2, 0.25) is 0 Å². The predicted octanol–water partition coefficient (Wildman–Crippen LogP) is 1.97. The minimum atomic E-state index is -0.453. The zero-order valence-electron chi connectivity index (χ0n) is 11.1. The Labute approximate surface area is 108 Å². The van der Waals surface area contributed by atoms with Crippen LogP contribution in [0.25, 0.3) is 0 Å². The predicted molar refractivity (Wildman–Crippen MR) is 71.1 cm³/mol. The van der Waals surface area contributed by atoms with Crippen molar-refractivity contribution < 1.29 is 4.79 Å². The molecule has 1 aromatic rings. The molecule has 4 nitrogen and oxygen atoms in total. The highest BCUT2D eigenvalue weighted by atomic mass is 16.1. The van der Waals surface area contributed by atoms with Crippen molar-refractivity contribution >= 4 is 5.91 Å². The molecule has 98 valence electrons. The van der Waals surface area contributed by atoms with E-state index in [9.17, 15) is 4.79 Å². The van der Waals surface area contributed by atoms with Gasteiger partial charge in [0.05, 0.1) is 11.7 Å². The fourth-order valence-corrected chi connectivity index (χ4v) is 2.62. The van der Waals surface area contributed by atoms with E-state index >= 15 is 0 Å². The van der Waals surface area contributed by atoms with E-state index in [1.54, 1.807) is 6.07 Å². The van der Waals surface area contributed by atoms with Crippen molar-refractivity contribution in [3.05, 3.63) is 29.6 Å². The van der Waals surface area contributed by atoms with Crippen molar-refractivity contribution in [1.29, 1.82) is 0 Å². The number of hydrogen-bond donors (Lipinski definition) is 1. The smallest absolute Gasteiger partial charge is 0.267 e. The van der Waals surface area contributed by atoms with Crippen LogP contribution in [0.15, 0.2) is 18.2 Å². The highest BCUT2D eigenvalue weighted by Gasteiger charge is 2.27. The van der Waals surface area contributed by atoms with E-state index in [0.29, 0.717) is 17.7 Å². The number of likely N-dealkylation sites (tertiary alicyclic amines) is 1. The summed E-state index contributed by atoms with van der Waals surface area (Å²) in [4.78, 5) is 18.0. The lowest BCUT2D eigenvalue weighted by Crippen LogP contribution is -2.28. The zero-order chi connectivity index (χ0) is 13.1. The molecule has 1 fully saturated rings. The van der Waals surface area contributed by atoms with Crippen molar-refractivity contribution in [2.75, 3.05) is 13.1 Å². The molecule has 0 radical (unpaired) electrons. The van der Waals surface area contributed by atoms with Crippen LogP contribution >= 0.6 is 0 Å². The van der Waals surface area contributed by atoms with Crippen LogP contribution in [-0.4, -0.2) is 28.9 Å². The number of carbonyl (C=O) groups excluding carboxylic acids is 1. The molecule has 1 aliphatic heterocycles. The second-order valence-electron chi connectivity index (χ2n) is 5.36. The summed E-state index contributed by atoms with van der Waals surface area (Å²) in [7, 11) is 0. The van der Waals surface area contributed by atoms with E-state index in [1.807, 2.05) is 12.1 Å². The van der Waals surface area contributed by atoms with Crippen LogP contribution in [0.4, 0.5) is 0 Å². The number of hydrogen-bond acceptors (Lipinski definition) is 3. The van der Waals surface area contributed by atoms with Gasteiger partial charge in [-0.25, -0.2) is 4.98 Å². The summed E-state index contributed by atoms with van der Waals surface area (Å²) in [5.41, 5.74) is 6.62. The SMILES string of the molecule is CC(C)CN1CCCC1c1cccc(C(N)=O)n1. The lowest BCUT2D eigenvalue weighted by Gasteiger charge is -2.25. The maximum Gasteiger partial charge on any atom is 0.267 e. The van der Waals surface area contributed by atoms with E-state index in [2.05, 4.69) is 23.7 Å². The quantitative estimate of drug-likeness (QED) is 0.885. The molecule has 0 saturated carbocycles. The number of primary amides is 1. The summed E-state index contributed by atoms with van der Waals surface area (Å²) in [6.07, 6.45) is 2.31. The number of carbonyl (C=O) groups is 1. The average molecular weight is 247 g/mol. The molecule has 0 aliphatic carbocycles. The van der Waals surface area contributed by atoms with E-state index < -0.39 is 5.91 Å². The first-order valence-corrected chi connectivity index (χ1v) is 6.58. The average Bonchev–Trinajstić information content (AvgIpc) is 2.76. The maximum absolute atomic E-state index is 11.2. The highest BCUT2D eigenvalue weighted by molar-refractivity contribution is 5.90. The van der Waals surface area contributed by atoms with Crippen LogP contribution in [0.5, 0.6) is 0 Å². The van der Waals surface area contributed by atoms with E-state index in [0.717, 1.165) is 25.2 Å². The first-order chi connectivity index (χ1) is 8.58. The normalized spacial score (nSPS) is 20.5. The minimum Gasteiger partial charge on any atom is -0.364 e. The van der Waals surface area contributed by atoms with Gasteiger partial charge in [0.2, 0.25) is 0 Å². The van der Waals surface area contributed by atoms with Gasteiger partial charge in [0.15, 0.2) is 0 Å². The Balaban J connectivity index is 2.19. The summed E-state index contributed by atoms with van der Waals surface area (Å²) < 4.78 is 0. The Morgan fingerprint density at radius 2 is 2.33 bits per heavy atom. The molecule has 2 rings (SSSR count). The molecule has 1 aromatic heterocycles. The molecule has 0 bridgehead atoms. The molecule has 1 saturated heterocycles. The fourth-order valence-electron chi connectivity index (χ4n) is 2.62. The summed E-state index contributed by atoms with van der Waals surface area (Å²) >= 11 is 0. The van der Waals surface area contributed by atoms with Crippen molar-refractivity contribution in [2.45, 2.75) is 32.7 Å². The molecule has 18 heavy (non-hydrogen) atoms. The van der Waals surface area contributed by atoms with Crippen LogP contribution in [0.3, 0.4) is 0 Å². The Kier molecular flexibility index (Phi) is 3.97. The fraction of sp³-hybridized carbons (Fsp3) is 0.571. The van der Waals surface area contributed by atoms with Crippen molar-refractivity contribution in [3.8, 4) is 0 Å². The second-order valence-corrected chi connectivity index (χ2v) is 5.36. The van der Waals surface area contributed by atoms with Crippen LogP contribution in [0, 0.1) is 5.92 Å². The van der Waals surface area contributed by atoms with Gasteiger partial charge in [-0.05, 0) is 37.4 Å². The van der Waals surface area contributed by atoms with Crippen molar-refractivity contribution in [2.24, 2.45) is 11.7 Å². The van der Waals surface area contributed by atoms with E-state index in [4.69, 9.17) is 5.73 Å². The number of nitrogens with two attached hydrogens (primary N) is 1. The summed E-state index contributed by atoms with van der Waals surface area (Å²) in [6, 6.07) is 5.88. The molecule has 0 spiro atoms. The molecule has 2 N–H and O–H groups in total. The van der Waals surface area contributed by atoms with Crippen LogP contribution < -0.4 is 5.73 Å². The maximum atomic E-state index is 11.2. The van der Waals surface area contributed by atoms with Gasteiger partial charge in [-0.15, -0.1) is 0 Å². The Bertz CT molecular complexity index is 431. The second kappa shape index (κ2) is 5.48. The van der Waals surface area contributed by atoms with E-state index in [1.165, 1.54) is 6.42 Å². The molecule has 1 unspecified atom stereocenters. The number of aromatic nitrogens is 1. The number of pyridine rings is 1. The summed E-state index contributed by atoms with van der Waals surface area (Å²) in [5.74, 6) is 0.190. The van der Waals surface area contributed by atoms with Gasteiger partial charge in [-0.3, -0.25) is 9.69 Å². The third kappa shape index (κ3) is 2.88. The molecule has 1 amide bonds. The Morgan fingerprint density at radius 1 is 1.56 bits per heavy atom. The summed E-state index contributed by atoms with van der Waals surface area (Å²) in [5, 5.41) is 0. The molecule has 0 aromatic carbocycles. The minimum absolute atomic E-state index is 0.340. The van der Waals surface area contributed by atoms with Gasteiger partial charge in [-0.2, -0.15) is 0 Å². The van der Waals surface area contributed by atoms with Crippen LogP contribution in [-0.2, 0) is 0 Å². The molecule has 1 atom stereocenters. The standard InChI is InChI=1S/C14H21N3O/c1-10(2)9-17-8-4-7-13(17)11-5-3-6-12(16-11)14(15)18/h3,5-6,10,13H,4,7-9H2,1-2H3,(H2,15,18). The topological polar surface area (TPSA) is 59.2 Å². The monoisotopic (exact) mass is 247 g/mol. The van der Waals surface area contributed by atoms with Gasteiger partial charge >= 0.3 is 0 Å². The zero-order valence-corrected chi connectivity index (χ0v) is 11.1. The van der Waals surface area contributed by atoms with Crippen molar-refractivity contribution in [1.82, 2.24) is 9.88 Å².